The van der Waals surface area contributed by atoms with Crippen molar-refractivity contribution in [2.45, 2.75) is 4.90 Å². The van der Waals surface area contributed by atoms with Gasteiger partial charge in [0.1, 0.15) is 0 Å². The molecule has 98 valence electrons. The molecule has 0 N–H and O–H groups in total. The van der Waals surface area contributed by atoms with Crippen molar-refractivity contribution < 1.29 is 13.2 Å². The summed E-state index contributed by atoms with van der Waals surface area (Å²) in [5, 5.41) is 0. The minimum atomic E-state index is -3.61. The lowest BCUT2D eigenvalue weighted by Gasteiger charge is -2.31. The smallest absolute Gasteiger partial charge is 0.244 e. The Bertz CT molecular complexity index is 573. The largest absolute Gasteiger partial charge is 0.343 e. The number of rotatable bonds is 2. The van der Waals surface area contributed by atoms with Crippen LogP contribution in [0.2, 0.25) is 0 Å². The Kier molecular flexibility index (Phi) is 3.74. The SMILES string of the molecule is CN1CCN(S(=O)(=O)c2ccccc2Br)CC1=O. The molecule has 1 saturated heterocycles. The molecule has 0 spiro atoms. The number of benzene rings is 1. The zero-order valence-electron chi connectivity index (χ0n) is 9.84. The third-order valence-electron chi connectivity index (χ3n) is 2.88. The first-order chi connectivity index (χ1) is 8.43. The Hall–Kier alpha value is -0.920. The van der Waals surface area contributed by atoms with Crippen LogP contribution in [-0.4, -0.2) is 50.2 Å². The zero-order valence-corrected chi connectivity index (χ0v) is 12.2. The molecule has 1 aliphatic rings. The van der Waals surface area contributed by atoms with Gasteiger partial charge in [0.2, 0.25) is 15.9 Å². The summed E-state index contributed by atoms with van der Waals surface area (Å²) in [5.41, 5.74) is 0. The van der Waals surface area contributed by atoms with Gasteiger partial charge in [-0.3, -0.25) is 4.79 Å². The van der Waals surface area contributed by atoms with Crippen molar-refractivity contribution >= 4 is 31.9 Å². The Balaban J connectivity index is 2.33. The van der Waals surface area contributed by atoms with E-state index in [-0.39, 0.29) is 17.3 Å². The summed E-state index contributed by atoms with van der Waals surface area (Å²) in [7, 11) is -1.94. The Morgan fingerprint density at radius 3 is 2.50 bits per heavy atom. The van der Waals surface area contributed by atoms with Crippen LogP contribution in [0.5, 0.6) is 0 Å². The highest BCUT2D eigenvalue weighted by atomic mass is 79.9. The lowest BCUT2D eigenvalue weighted by Crippen LogP contribution is -2.50. The molecule has 0 unspecified atom stereocenters. The van der Waals surface area contributed by atoms with Crippen molar-refractivity contribution in [1.82, 2.24) is 9.21 Å². The van der Waals surface area contributed by atoms with Crippen LogP contribution in [0.25, 0.3) is 0 Å². The predicted molar refractivity (Wildman–Crippen MR) is 70.5 cm³/mol. The second-order valence-corrected chi connectivity index (χ2v) is 6.85. The van der Waals surface area contributed by atoms with Crippen molar-refractivity contribution in [3.8, 4) is 0 Å². The minimum absolute atomic E-state index is 0.0971. The second kappa shape index (κ2) is 4.99. The third-order valence-corrected chi connectivity index (χ3v) is 5.73. The van der Waals surface area contributed by atoms with Gasteiger partial charge in [-0.15, -0.1) is 0 Å². The lowest BCUT2D eigenvalue weighted by molar-refractivity contribution is -0.132. The van der Waals surface area contributed by atoms with Gasteiger partial charge in [0.25, 0.3) is 0 Å². The van der Waals surface area contributed by atoms with Crippen LogP contribution in [0.4, 0.5) is 0 Å². The molecule has 7 heteroatoms. The Labute approximate surface area is 115 Å². The molecule has 1 fully saturated rings. The van der Waals surface area contributed by atoms with E-state index in [1.807, 2.05) is 0 Å². The molecule has 0 saturated carbocycles. The monoisotopic (exact) mass is 332 g/mol. The van der Waals surface area contributed by atoms with Gasteiger partial charge in [-0.05, 0) is 28.1 Å². The number of nitrogens with zero attached hydrogens (tertiary/aromatic N) is 2. The van der Waals surface area contributed by atoms with Crippen molar-refractivity contribution in [1.29, 1.82) is 0 Å². The van der Waals surface area contributed by atoms with Gasteiger partial charge < -0.3 is 4.90 Å². The van der Waals surface area contributed by atoms with Gasteiger partial charge in [-0.25, -0.2) is 8.42 Å². The zero-order chi connectivity index (χ0) is 13.3. The maximum atomic E-state index is 12.4. The number of amides is 1. The fraction of sp³-hybridized carbons (Fsp3) is 0.364. The summed E-state index contributed by atoms with van der Waals surface area (Å²) in [4.78, 5) is 13.3. The molecule has 18 heavy (non-hydrogen) atoms. The van der Waals surface area contributed by atoms with E-state index in [4.69, 9.17) is 0 Å². The van der Waals surface area contributed by atoms with Crippen LogP contribution in [0.1, 0.15) is 0 Å². The number of halogens is 1. The fourth-order valence-corrected chi connectivity index (χ4v) is 4.08. The first-order valence-corrected chi connectivity index (χ1v) is 7.65. The summed E-state index contributed by atoms with van der Waals surface area (Å²) in [6.45, 7) is 0.647. The van der Waals surface area contributed by atoms with Crippen molar-refractivity contribution in [2.75, 3.05) is 26.7 Å². The second-order valence-electron chi connectivity index (χ2n) is 4.08. The number of sulfonamides is 1. The van der Waals surface area contributed by atoms with E-state index in [0.29, 0.717) is 17.6 Å². The number of carbonyl (C=O) groups excluding carboxylic acids is 1. The molecule has 0 aromatic heterocycles. The van der Waals surface area contributed by atoms with Gasteiger partial charge in [-0.1, -0.05) is 12.1 Å². The van der Waals surface area contributed by atoms with Gasteiger partial charge in [0.15, 0.2) is 0 Å². The van der Waals surface area contributed by atoms with E-state index in [9.17, 15) is 13.2 Å². The van der Waals surface area contributed by atoms with Crippen LogP contribution in [0.3, 0.4) is 0 Å². The summed E-state index contributed by atoms with van der Waals surface area (Å²) in [6.07, 6.45) is 0. The highest BCUT2D eigenvalue weighted by Gasteiger charge is 2.32. The first kappa shape index (κ1) is 13.5. The van der Waals surface area contributed by atoms with Crippen molar-refractivity contribution in [3.05, 3.63) is 28.7 Å². The van der Waals surface area contributed by atoms with E-state index in [2.05, 4.69) is 15.9 Å². The average molecular weight is 333 g/mol. The summed E-state index contributed by atoms with van der Waals surface area (Å²) < 4.78 is 26.5. The standard InChI is InChI=1S/C11H13BrN2O3S/c1-13-6-7-14(8-11(13)15)18(16,17)10-5-3-2-4-9(10)12/h2-5H,6-8H2,1H3. The molecule has 0 aliphatic carbocycles. The van der Waals surface area contributed by atoms with Gasteiger partial charge in [-0.2, -0.15) is 4.31 Å². The van der Waals surface area contributed by atoms with Crippen LogP contribution in [0, 0.1) is 0 Å². The first-order valence-electron chi connectivity index (χ1n) is 5.41. The van der Waals surface area contributed by atoms with Gasteiger partial charge in [0.05, 0.1) is 11.4 Å². The normalized spacial score (nSPS) is 18.1. The topological polar surface area (TPSA) is 57.7 Å². The van der Waals surface area contributed by atoms with E-state index < -0.39 is 10.0 Å². The highest BCUT2D eigenvalue weighted by molar-refractivity contribution is 9.10. The molecule has 0 bridgehead atoms. The summed E-state index contributed by atoms with van der Waals surface area (Å²) >= 11 is 3.22. The fourth-order valence-electron chi connectivity index (χ4n) is 1.74. The molecule has 1 amide bonds. The number of piperazine rings is 1. The maximum absolute atomic E-state index is 12.4. The summed E-state index contributed by atoms with van der Waals surface area (Å²) in [5.74, 6) is -0.183. The molecule has 1 aromatic rings. The predicted octanol–water partition coefficient (Wildman–Crippen LogP) is 0.912. The summed E-state index contributed by atoms with van der Waals surface area (Å²) in [6, 6.07) is 6.61. The molecular formula is C11H13BrN2O3S. The van der Waals surface area contributed by atoms with Crippen LogP contribution < -0.4 is 0 Å². The van der Waals surface area contributed by atoms with Crippen LogP contribution >= 0.6 is 15.9 Å². The lowest BCUT2D eigenvalue weighted by atomic mass is 10.4. The minimum Gasteiger partial charge on any atom is -0.343 e. The Morgan fingerprint density at radius 2 is 1.89 bits per heavy atom. The van der Waals surface area contributed by atoms with E-state index >= 15 is 0 Å². The van der Waals surface area contributed by atoms with E-state index in [0.717, 1.165) is 0 Å². The third kappa shape index (κ3) is 2.43. The number of likely N-dealkylation sites (N-methyl/N-ethyl adjacent to an activating group) is 1. The number of hydrogen-bond donors (Lipinski definition) is 0. The molecule has 2 rings (SSSR count). The Morgan fingerprint density at radius 1 is 1.22 bits per heavy atom. The quantitative estimate of drug-likeness (QED) is 0.808. The van der Waals surface area contributed by atoms with Crippen molar-refractivity contribution in [3.63, 3.8) is 0 Å². The van der Waals surface area contributed by atoms with E-state index in [1.54, 1.807) is 25.2 Å². The number of hydrogen-bond acceptors (Lipinski definition) is 3. The molecule has 1 heterocycles. The van der Waals surface area contributed by atoms with Crippen LogP contribution in [0.15, 0.2) is 33.6 Å². The number of carbonyl (C=O) groups is 1. The molecule has 1 aromatic carbocycles. The van der Waals surface area contributed by atoms with Crippen LogP contribution in [-0.2, 0) is 14.8 Å². The maximum Gasteiger partial charge on any atom is 0.244 e. The van der Waals surface area contributed by atoms with Crippen molar-refractivity contribution in [2.24, 2.45) is 0 Å². The highest BCUT2D eigenvalue weighted by Crippen LogP contribution is 2.25. The molecule has 0 atom stereocenters. The van der Waals surface area contributed by atoms with Gasteiger partial charge >= 0.3 is 0 Å². The molecule has 5 nitrogen and oxygen atoms in total. The molecule has 1 aliphatic heterocycles. The van der Waals surface area contributed by atoms with E-state index in [1.165, 1.54) is 15.3 Å². The molecule has 0 radical (unpaired) electrons. The average Bonchev–Trinajstić information content (AvgIpc) is 2.33. The molecular weight excluding hydrogens is 320 g/mol. The van der Waals surface area contributed by atoms with Gasteiger partial charge in [0, 0.05) is 24.6 Å².